The van der Waals surface area contributed by atoms with Crippen LogP contribution in [-0.4, -0.2) is 44.9 Å². The van der Waals surface area contributed by atoms with Crippen molar-refractivity contribution in [2.75, 3.05) is 13.1 Å². The maximum atomic E-state index is 13.1. The van der Waals surface area contributed by atoms with Crippen molar-refractivity contribution in [3.63, 3.8) is 0 Å². The molecule has 1 aliphatic heterocycles. The minimum absolute atomic E-state index is 0.0517. The molecular weight excluding hydrogens is 410 g/mol. The average molecular weight is 442 g/mol. The predicted molar refractivity (Wildman–Crippen MR) is 128 cm³/mol. The Morgan fingerprint density at radius 1 is 1.23 bits per heavy atom. The summed E-state index contributed by atoms with van der Waals surface area (Å²) >= 11 is 5.44. The van der Waals surface area contributed by atoms with E-state index in [1.165, 1.54) is 5.56 Å². The van der Waals surface area contributed by atoms with Gasteiger partial charge in [-0.15, -0.1) is 0 Å². The maximum Gasteiger partial charge on any atom is 0.280 e. The van der Waals surface area contributed by atoms with E-state index in [-0.39, 0.29) is 16.9 Å². The second-order valence-electron chi connectivity index (χ2n) is 9.12. The third-order valence-corrected chi connectivity index (χ3v) is 6.11. The molecule has 2 heterocycles. The highest BCUT2D eigenvalue weighted by Crippen LogP contribution is 2.23. The van der Waals surface area contributed by atoms with Crippen LogP contribution in [0.4, 0.5) is 0 Å². The zero-order valence-corrected chi connectivity index (χ0v) is 19.7. The number of benzene rings is 1. The number of nitrogens with one attached hydrogen (secondary N) is 2. The molecular formula is C23H31N5O2S. The first-order chi connectivity index (χ1) is 14.6. The number of thiocarbonyl (C=S) groups is 1. The van der Waals surface area contributed by atoms with Crippen LogP contribution in [0, 0.1) is 12.8 Å². The molecule has 0 bridgehead atoms. The van der Waals surface area contributed by atoms with Crippen molar-refractivity contribution in [2.45, 2.75) is 52.9 Å². The number of aldehydes is 1. The summed E-state index contributed by atoms with van der Waals surface area (Å²) in [5.41, 5.74) is 6.62. The summed E-state index contributed by atoms with van der Waals surface area (Å²) in [6.45, 7) is 11.6. The number of nitrogens with zero attached hydrogens (tertiary/aromatic N) is 3. The van der Waals surface area contributed by atoms with Gasteiger partial charge in [0.05, 0.1) is 17.0 Å². The van der Waals surface area contributed by atoms with Crippen molar-refractivity contribution in [1.29, 1.82) is 0 Å². The molecule has 0 saturated carbocycles. The number of H-pyrrole nitrogens is 1. The fraction of sp³-hybridized carbons (Fsp3) is 0.478. The number of hydrogen-bond acceptors (Lipinski definition) is 4. The van der Waals surface area contributed by atoms with Gasteiger partial charge in [-0.3, -0.25) is 15.3 Å². The summed E-state index contributed by atoms with van der Waals surface area (Å²) in [7, 11) is 0. The normalized spacial score (nSPS) is 15.8. The van der Waals surface area contributed by atoms with Gasteiger partial charge >= 0.3 is 0 Å². The molecule has 3 rings (SSSR count). The summed E-state index contributed by atoms with van der Waals surface area (Å²) in [4.78, 5) is 26.0. The van der Waals surface area contributed by atoms with Crippen molar-refractivity contribution in [2.24, 2.45) is 11.0 Å². The van der Waals surface area contributed by atoms with Gasteiger partial charge in [0.15, 0.2) is 5.11 Å². The van der Waals surface area contributed by atoms with Crippen molar-refractivity contribution >= 4 is 29.3 Å². The number of hydrogen-bond donors (Lipinski definition) is 2. The maximum absolute atomic E-state index is 13.1. The van der Waals surface area contributed by atoms with Gasteiger partial charge in [-0.1, -0.05) is 32.9 Å². The monoisotopic (exact) mass is 441 g/mol. The van der Waals surface area contributed by atoms with E-state index in [2.05, 4.69) is 36.4 Å². The number of carbonyl (C=O) groups is 1. The van der Waals surface area contributed by atoms with E-state index in [0.29, 0.717) is 16.4 Å². The standard InChI is InChI=1S/C23H31N5O2S/c1-15(24-25-22(31)27-12-10-17(14-29)11-13-27)20-16(2)26-28(21(20)30)19-8-6-18(7-9-19)23(3,4)5/h6-9,14,17,26H,10-13H2,1-5H3,(H,25,31). The van der Waals surface area contributed by atoms with Crippen LogP contribution in [0.5, 0.6) is 0 Å². The van der Waals surface area contributed by atoms with Gasteiger partial charge in [0.2, 0.25) is 0 Å². The zero-order valence-electron chi connectivity index (χ0n) is 18.9. The molecule has 1 saturated heterocycles. The fourth-order valence-corrected chi connectivity index (χ4v) is 3.99. The lowest BCUT2D eigenvalue weighted by Crippen LogP contribution is -2.43. The van der Waals surface area contributed by atoms with E-state index >= 15 is 0 Å². The molecule has 166 valence electrons. The number of aromatic amines is 1. The van der Waals surface area contributed by atoms with E-state index in [9.17, 15) is 9.59 Å². The molecule has 1 fully saturated rings. The van der Waals surface area contributed by atoms with E-state index in [1.54, 1.807) is 11.6 Å². The van der Waals surface area contributed by atoms with Crippen LogP contribution in [0.15, 0.2) is 34.2 Å². The van der Waals surface area contributed by atoms with Gasteiger partial charge in [-0.2, -0.15) is 5.10 Å². The summed E-state index contributed by atoms with van der Waals surface area (Å²) in [5.74, 6) is 0.114. The molecule has 0 radical (unpaired) electrons. The van der Waals surface area contributed by atoms with E-state index < -0.39 is 0 Å². The van der Waals surface area contributed by atoms with Crippen LogP contribution in [-0.2, 0) is 10.2 Å². The number of carbonyl (C=O) groups excluding carboxylic acids is 1. The Kier molecular flexibility index (Phi) is 6.79. The van der Waals surface area contributed by atoms with Crippen LogP contribution in [0.25, 0.3) is 5.69 Å². The second-order valence-corrected chi connectivity index (χ2v) is 9.51. The van der Waals surface area contributed by atoms with Crippen LogP contribution in [0.2, 0.25) is 0 Å². The summed E-state index contributed by atoms with van der Waals surface area (Å²) < 4.78 is 1.54. The SMILES string of the molecule is CC(=NNC(=S)N1CCC(C=O)CC1)c1c(C)[nH]n(-c2ccc(C(C)(C)C)cc2)c1=O. The lowest BCUT2D eigenvalue weighted by molar-refractivity contribution is -0.112. The Morgan fingerprint density at radius 3 is 2.39 bits per heavy atom. The summed E-state index contributed by atoms with van der Waals surface area (Å²) in [6, 6.07) is 7.99. The van der Waals surface area contributed by atoms with Gasteiger partial charge in [0.25, 0.3) is 5.56 Å². The highest BCUT2D eigenvalue weighted by atomic mass is 32.1. The molecule has 2 aromatic rings. The number of hydrazone groups is 1. The first-order valence-electron chi connectivity index (χ1n) is 10.6. The van der Waals surface area contributed by atoms with Gasteiger partial charge in [-0.05, 0) is 62.0 Å². The molecule has 0 atom stereocenters. The quantitative estimate of drug-likeness (QED) is 0.329. The summed E-state index contributed by atoms with van der Waals surface area (Å²) in [6.07, 6.45) is 2.61. The number of aryl methyl sites for hydroxylation is 1. The number of piperidine rings is 1. The van der Waals surface area contributed by atoms with Crippen molar-refractivity contribution in [3.8, 4) is 5.69 Å². The van der Waals surface area contributed by atoms with Crippen LogP contribution in [0.3, 0.4) is 0 Å². The smallest absolute Gasteiger partial charge is 0.280 e. The van der Waals surface area contributed by atoms with Crippen LogP contribution >= 0.6 is 12.2 Å². The van der Waals surface area contributed by atoms with Crippen LogP contribution < -0.4 is 11.0 Å². The highest BCUT2D eigenvalue weighted by Gasteiger charge is 2.21. The van der Waals surface area contributed by atoms with E-state index in [1.807, 2.05) is 36.1 Å². The van der Waals surface area contributed by atoms with Crippen molar-refractivity contribution < 1.29 is 4.79 Å². The molecule has 7 nitrogen and oxygen atoms in total. The average Bonchev–Trinajstić information content (AvgIpc) is 3.05. The largest absolute Gasteiger partial charge is 0.348 e. The number of likely N-dealkylation sites (tertiary alicyclic amines) is 1. The highest BCUT2D eigenvalue weighted by molar-refractivity contribution is 7.80. The molecule has 0 amide bonds. The van der Waals surface area contributed by atoms with Gasteiger partial charge in [0.1, 0.15) is 6.29 Å². The minimum Gasteiger partial charge on any atom is -0.348 e. The molecule has 1 aromatic heterocycles. The lowest BCUT2D eigenvalue weighted by atomic mass is 9.87. The molecule has 1 aromatic carbocycles. The van der Waals surface area contributed by atoms with Crippen molar-refractivity contribution in [3.05, 3.63) is 51.4 Å². The Hall–Kier alpha value is -2.74. The molecule has 1 aliphatic rings. The van der Waals surface area contributed by atoms with E-state index in [4.69, 9.17) is 12.2 Å². The Morgan fingerprint density at radius 2 is 1.84 bits per heavy atom. The molecule has 2 N–H and O–H groups in total. The minimum atomic E-state index is -0.151. The molecule has 31 heavy (non-hydrogen) atoms. The lowest BCUT2D eigenvalue weighted by Gasteiger charge is -2.31. The first-order valence-corrected chi connectivity index (χ1v) is 11.0. The molecule has 8 heteroatoms. The van der Waals surface area contributed by atoms with Crippen LogP contribution in [0.1, 0.15) is 57.4 Å². The van der Waals surface area contributed by atoms with Gasteiger partial charge in [-0.25, -0.2) is 4.68 Å². The molecule has 0 aliphatic carbocycles. The second kappa shape index (κ2) is 9.18. The topological polar surface area (TPSA) is 82.5 Å². The molecule has 0 spiro atoms. The van der Waals surface area contributed by atoms with E-state index in [0.717, 1.165) is 43.6 Å². The first kappa shape index (κ1) is 22.9. The Bertz CT molecular complexity index is 1040. The third kappa shape index (κ3) is 5.12. The van der Waals surface area contributed by atoms with Crippen molar-refractivity contribution in [1.82, 2.24) is 20.1 Å². The number of rotatable bonds is 4. The summed E-state index contributed by atoms with van der Waals surface area (Å²) in [5, 5.41) is 8.02. The number of aromatic nitrogens is 2. The Labute approximate surface area is 188 Å². The predicted octanol–water partition coefficient (Wildman–Crippen LogP) is 3.28. The van der Waals surface area contributed by atoms with Gasteiger partial charge in [0, 0.05) is 24.7 Å². The molecule has 0 unspecified atom stereocenters. The Balaban J connectivity index is 1.76. The third-order valence-electron chi connectivity index (χ3n) is 5.76. The zero-order chi connectivity index (χ0) is 22.8. The fourth-order valence-electron chi connectivity index (χ4n) is 3.76. The van der Waals surface area contributed by atoms with Gasteiger partial charge < -0.3 is 9.69 Å².